The molecule has 42 heavy (non-hydrogen) atoms. The molecule has 8 nitrogen and oxygen atoms in total. The maximum absolute atomic E-state index is 13.6. The Morgan fingerprint density at radius 3 is 2.48 bits per heavy atom. The van der Waals surface area contributed by atoms with Gasteiger partial charge in [-0.15, -0.1) is 0 Å². The Labute approximate surface area is 254 Å². The van der Waals surface area contributed by atoms with Crippen LogP contribution in [0, 0.1) is 0 Å². The maximum atomic E-state index is 13.6. The second-order valence-corrected chi connectivity index (χ2v) is 13.0. The molecular formula is C33H43ClN2O6. The Balaban J connectivity index is 1.45. The summed E-state index contributed by atoms with van der Waals surface area (Å²) in [5.41, 5.74) is 2.03. The zero-order valence-corrected chi connectivity index (χ0v) is 26.3. The molecule has 1 fully saturated rings. The van der Waals surface area contributed by atoms with Gasteiger partial charge in [0.05, 0.1) is 30.4 Å². The number of nitrogens with zero attached hydrogens (tertiary/aromatic N) is 2. The molecule has 1 saturated heterocycles. The second kappa shape index (κ2) is 13.6. The van der Waals surface area contributed by atoms with Crippen LogP contribution < -0.4 is 4.74 Å². The number of pyridine rings is 1. The minimum atomic E-state index is -0.476. The van der Waals surface area contributed by atoms with E-state index in [4.69, 9.17) is 30.5 Å². The van der Waals surface area contributed by atoms with Crippen molar-refractivity contribution < 1.29 is 28.5 Å². The lowest BCUT2D eigenvalue weighted by atomic mass is 9.84. The predicted octanol–water partition coefficient (Wildman–Crippen LogP) is 6.61. The molecule has 1 unspecified atom stereocenters. The number of allylic oxidation sites excluding steroid dienone is 1. The molecule has 0 N–H and O–H groups in total. The Kier molecular flexibility index (Phi) is 10.3. The van der Waals surface area contributed by atoms with Gasteiger partial charge in [-0.2, -0.15) is 0 Å². The first kappa shape index (κ1) is 32.0. The molecular weight excluding hydrogens is 556 g/mol. The largest absolute Gasteiger partial charge is 0.488 e. The predicted molar refractivity (Wildman–Crippen MR) is 161 cm³/mol. The van der Waals surface area contributed by atoms with Crippen LogP contribution in [0.25, 0.3) is 0 Å². The minimum Gasteiger partial charge on any atom is -0.488 e. The van der Waals surface area contributed by atoms with Crippen molar-refractivity contribution >= 4 is 23.5 Å². The molecule has 3 heterocycles. The molecule has 0 spiro atoms. The molecule has 4 rings (SSSR count). The molecule has 1 aromatic carbocycles. The summed E-state index contributed by atoms with van der Waals surface area (Å²) in [5, 5.41) is 0.347. The van der Waals surface area contributed by atoms with Gasteiger partial charge in [0.2, 0.25) is 5.91 Å². The smallest absolute Gasteiger partial charge is 0.336 e. The third kappa shape index (κ3) is 8.79. The molecule has 0 bridgehead atoms. The lowest BCUT2D eigenvalue weighted by molar-refractivity contribution is -0.141. The van der Waals surface area contributed by atoms with E-state index in [2.05, 4.69) is 4.98 Å². The third-order valence-electron chi connectivity index (χ3n) is 7.53. The van der Waals surface area contributed by atoms with Gasteiger partial charge >= 0.3 is 5.97 Å². The normalized spacial score (nSPS) is 19.8. The molecule has 2 aliphatic heterocycles. The molecule has 1 aromatic heterocycles. The Bertz CT molecular complexity index is 1260. The van der Waals surface area contributed by atoms with Crippen LogP contribution in [0.1, 0.15) is 84.3 Å². The van der Waals surface area contributed by atoms with Crippen LogP contribution in [0.3, 0.4) is 0 Å². The van der Waals surface area contributed by atoms with E-state index in [1.54, 1.807) is 30.2 Å². The van der Waals surface area contributed by atoms with Gasteiger partial charge in [0.25, 0.3) is 0 Å². The van der Waals surface area contributed by atoms with Gasteiger partial charge < -0.3 is 23.8 Å². The number of carbonyl (C=O) groups excluding carboxylic acids is 2. The van der Waals surface area contributed by atoms with Crippen LogP contribution in [0.5, 0.6) is 5.75 Å². The summed E-state index contributed by atoms with van der Waals surface area (Å²) in [6.07, 6.45) is 4.33. The molecule has 9 heteroatoms. The van der Waals surface area contributed by atoms with Crippen molar-refractivity contribution in [2.75, 3.05) is 19.8 Å². The molecule has 0 aliphatic carbocycles. The summed E-state index contributed by atoms with van der Waals surface area (Å²) < 4.78 is 23.6. The minimum absolute atomic E-state index is 0.0355. The lowest BCUT2D eigenvalue weighted by Gasteiger charge is -2.35. The molecule has 1 amide bonds. The van der Waals surface area contributed by atoms with Crippen molar-refractivity contribution in [3.05, 3.63) is 70.1 Å². The molecule has 2 atom stereocenters. The zero-order chi connectivity index (χ0) is 30.5. The topological polar surface area (TPSA) is 87.2 Å². The highest BCUT2D eigenvalue weighted by Gasteiger charge is 2.38. The van der Waals surface area contributed by atoms with E-state index in [9.17, 15) is 9.59 Å². The van der Waals surface area contributed by atoms with Gasteiger partial charge in [0.15, 0.2) is 0 Å². The molecule has 2 aromatic rings. The fourth-order valence-electron chi connectivity index (χ4n) is 5.22. The van der Waals surface area contributed by atoms with E-state index in [0.717, 1.165) is 36.1 Å². The van der Waals surface area contributed by atoms with E-state index >= 15 is 0 Å². The lowest BCUT2D eigenvalue weighted by Crippen LogP contribution is -2.42. The quantitative estimate of drug-likeness (QED) is 0.212. The van der Waals surface area contributed by atoms with E-state index in [1.807, 2.05) is 58.9 Å². The fourth-order valence-corrected chi connectivity index (χ4v) is 5.34. The second-order valence-electron chi connectivity index (χ2n) is 12.6. The summed E-state index contributed by atoms with van der Waals surface area (Å²) in [7, 11) is 0. The number of halogens is 1. The number of hydrogen-bond donors (Lipinski definition) is 0. The van der Waals surface area contributed by atoms with Crippen LogP contribution in [0.4, 0.5) is 0 Å². The average Bonchev–Trinajstić information content (AvgIpc) is 3.43. The number of aromatic nitrogens is 1. The first-order valence-corrected chi connectivity index (χ1v) is 15.0. The van der Waals surface area contributed by atoms with Crippen molar-refractivity contribution in [1.29, 1.82) is 0 Å². The molecule has 0 saturated carbocycles. The van der Waals surface area contributed by atoms with Crippen LogP contribution in [0.2, 0.25) is 5.15 Å². The highest BCUT2D eigenvalue weighted by Crippen LogP contribution is 2.38. The number of benzene rings is 1. The monoisotopic (exact) mass is 598 g/mol. The highest BCUT2D eigenvalue weighted by atomic mass is 35.5. The molecule has 0 radical (unpaired) electrons. The number of esters is 1. The van der Waals surface area contributed by atoms with Gasteiger partial charge in [-0.3, -0.25) is 4.79 Å². The summed E-state index contributed by atoms with van der Waals surface area (Å²) >= 11 is 6.01. The summed E-state index contributed by atoms with van der Waals surface area (Å²) in [6, 6.07) is 11.0. The van der Waals surface area contributed by atoms with Gasteiger partial charge in [-0.25, -0.2) is 9.78 Å². The van der Waals surface area contributed by atoms with Crippen LogP contribution >= 0.6 is 11.6 Å². The van der Waals surface area contributed by atoms with Gasteiger partial charge in [-0.05, 0) is 83.7 Å². The molecule has 228 valence electrons. The van der Waals surface area contributed by atoms with Crippen LogP contribution in [-0.2, 0) is 30.4 Å². The summed E-state index contributed by atoms with van der Waals surface area (Å²) in [6.45, 7) is 13.8. The summed E-state index contributed by atoms with van der Waals surface area (Å²) in [4.78, 5) is 32.7. The van der Waals surface area contributed by atoms with Crippen LogP contribution in [-0.4, -0.2) is 58.8 Å². The number of rotatable bonds is 11. The first-order valence-electron chi connectivity index (χ1n) is 14.6. The Hall–Kier alpha value is -2.94. The number of amides is 1. The number of hydrogen-bond acceptors (Lipinski definition) is 7. The molecule has 2 aliphatic rings. The standard InChI is InChI=1S/C33H43ClN2O6/c1-22-30(27(24-11-14-28(34)35-19-24)18-29(37)36(22)20-26-8-7-16-39-26)31(38)40-21-23-9-12-25(13-10-23)42-33(5,6)15-17-41-32(2,3)4/h9-14,19,26-27H,7-8,15-18,20-21H2,1-6H3/t26-,27?/m1/s1. The highest BCUT2D eigenvalue weighted by molar-refractivity contribution is 6.29. The van der Waals surface area contributed by atoms with Crippen molar-refractivity contribution in [3.63, 3.8) is 0 Å². The van der Waals surface area contributed by atoms with Gasteiger partial charge in [0.1, 0.15) is 23.1 Å². The first-order chi connectivity index (χ1) is 19.8. The van der Waals surface area contributed by atoms with Crippen molar-refractivity contribution in [3.8, 4) is 5.75 Å². The third-order valence-corrected chi connectivity index (χ3v) is 7.76. The Morgan fingerprint density at radius 2 is 1.86 bits per heavy atom. The van der Waals surface area contributed by atoms with Crippen molar-refractivity contribution in [2.45, 2.75) is 97.1 Å². The van der Waals surface area contributed by atoms with Crippen LogP contribution in [0.15, 0.2) is 53.9 Å². The maximum Gasteiger partial charge on any atom is 0.336 e. The zero-order valence-electron chi connectivity index (χ0n) is 25.6. The van der Waals surface area contributed by atoms with E-state index in [-0.39, 0.29) is 30.6 Å². The number of ether oxygens (including phenoxy) is 4. The summed E-state index contributed by atoms with van der Waals surface area (Å²) in [5.74, 6) is -0.258. The SMILES string of the molecule is CC1=C(C(=O)OCc2ccc(OC(C)(C)CCOC(C)(C)C)cc2)C(c2ccc(Cl)nc2)CC(=O)N1C[C@H]1CCCO1. The fraction of sp³-hybridized carbons (Fsp3) is 0.545. The van der Waals surface area contributed by atoms with E-state index in [0.29, 0.717) is 36.2 Å². The number of carbonyl (C=O) groups is 2. The van der Waals surface area contributed by atoms with E-state index < -0.39 is 17.5 Å². The average molecular weight is 599 g/mol. The van der Waals surface area contributed by atoms with Crippen molar-refractivity contribution in [1.82, 2.24) is 9.88 Å². The van der Waals surface area contributed by atoms with Crippen molar-refractivity contribution in [2.24, 2.45) is 0 Å². The van der Waals surface area contributed by atoms with Gasteiger partial charge in [-0.1, -0.05) is 29.8 Å². The van der Waals surface area contributed by atoms with Gasteiger partial charge in [0, 0.05) is 37.3 Å². The van der Waals surface area contributed by atoms with E-state index in [1.165, 1.54) is 0 Å². The Morgan fingerprint density at radius 1 is 1.12 bits per heavy atom.